The number of nitrogens with zero attached hydrogens (tertiary/aromatic N) is 1. The van der Waals surface area contributed by atoms with Crippen LogP contribution in [-0.2, 0) is 14.4 Å². The standard InChI is InChI=1S/C13H22N2O4S/c1-8(2)12(14-9(3)16)13(19)15-4-5-20-7-10(15)6-11(17)18/h8,10,12H,4-7H2,1-3H3,(H,14,16)(H,17,18). The Labute approximate surface area is 123 Å². The van der Waals surface area contributed by atoms with Crippen molar-refractivity contribution in [3.05, 3.63) is 0 Å². The molecule has 1 saturated heterocycles. The monoisotopic (exact) mass is 302 g/mol. The predicted molar refractivity (Wildman–Crippen MR) is 77.5 cm³/mol. The van der Waals surface area contributed by atoms with Crippen LogP contribution in [0.2, 0.25) is 0 Å². The van der Waals surface area contributed by atoms with Crippen LogP contribution >= 0.6 is 11.8 Å². The zero-order valence-corrected chi connectivity index (χ0v) is 12.9. The van der Waals surface area contributed by atoms with E-state index < -0.39 is 12.0 Å². The first kappa shape index (κ1) is 16.8. The van der Waals surface area contributed by atoms with E-state index in [0.29, 0.717) is 12.3 Å². The number of carbonyl (C=O) groups excluding carboxylic acids is 2. The van der Waals surface area contributed by atoms with Gasteiger partial charge in [0.25, 0.3) is 0 Å². The van der Waals surface area contributed by atoms with E-state index in [4.69, 9.17) is 5.11 Å². The molecule has 1 aliphatic rings. The van der Waals surface area contributed by atoms with Crippen LogP contribution in [0.5, 0.6) is 0 Å². The third-order valence-corrected chi connectivity index (χ3v) is 4.30. The summed E-state index contributed by atoms with van der Waals surface area (Å²) in [5.74, 6) is 0.0534. The summed E-state index contributed by atoms with van der Waals surface area (Å²) in [7, 11) is 0. The normalized spacial score (nSPS) is 20.6. The third-order valence-electron chi connectivity index (χ3n) is 3.21. The highest BCUT2D eigenvalue weighted by Crippen LogP contribution is 2.21. The molecule has 0 aromatic carbocycles. The molecule has 0 aromatic heterocycles. The number of hydrogen-bond acceptors (Lipinski definition) is 4. The van der Waals surface area contributed by atoms with Gasteiger partial charge in [0, 0.05) is 25.0 Å². The molecule has 0 aromatic rings. The number of amides is 2. The van der Waals surface area contributed by atoms with Gasteiger partial charge in [0.15, 0.2) is 0 Å². The summed E-state index contributed by atoms with van der Waals surface area (Å²) in [4.78, 5) is 36.3. The summed E-state index contributed by atoms with van der Waals surface area (Å²) in [6, 6.07) is -0.888. The number of aliphatic carboxylic acids is 1. The molecule has 1 aliphatic heterocycles. The molecule has 0 bridgehead atoms. The molecule has 7 heteroatoms. The van der Waals surface area contributed by atoms with Crippen molar-refractivity contribution < 1.29 is 19.5 Å². The van der Waals surface area contributed by atoms with Gasteiger partial charge in [-0.2, -0.15) is 11.8 Å². The highest BCUT2D eigenvalue weighted by atomic mass is 32.2. The summed E-state index contributed by atoms with van der Waals surface area (Å²) >= 11 is 1.66. The number of thioether (sulfide) groups is 1. The lowest BCUT2D eigenvalue weighted by atomic mass is 10.0. The Kier molecular flexibility index (Phi) is 6.32. The number of carbonyl (C=O) groups is 3. The van der Waals surface area contributed by atoms with Gasteiger partial charge in [0.1, 0.15) is 6.04 Å². The van der Waals surface area contributed by atoms with Gasteiger partial charge in [-0.3, -0.25) is 14.4 Å². The fourth-order valence-corrected chi connectivity index (χ4v) is 3.29. The molecule has 114 valence electrons. The number of hydrogen-bond donors (Lipinski definition) is 2. The van der Waals surface area contributed by atoms with Crippen LogP contribution in [0.1, 0.15) is 27.2 Å². The predicted octanol–water partition coefficient (Wildman–Crippen LogP) is 0.566. The first-order valence-electron chi connectivity index (χ1n) is 6.70. The van der Waals surface area contributed by atoms with Crippen molar-refractivity contribution >= 4 is 29.5 Å². The molecule has 6 nitrogen and oxygen atoms in total. The SMILES string of the molecule is CC(=O)NC(C(=O)N1CCSCC1CC(=O)O)C(C)C. The molecule has 2 N–H and O–H groups in total. The highest BCUT2D eigenvalue weighted by Gasteiger charge is 2.34. The second kappa shape index (κ2) is 7.52. The molecule has 2 unspecified atom stereocenters. The van der Waals surface area contributed by atoms with Crippen molar-refractivity contribution in [2.45, 2.75) is 39.3 Å². The minimum Gasteiger partial charge on any atom is -0.481 e. The van der Waals surface area contributed by atoms with Gasteiger partial charge in [-0.15, -0.1) is 0 Å². The smallest absolute Gasteiger partial charge is 0.305 e. The number of carboxylic acid groups (broad SMARTS) is 1. The fraction of sp³-hybridized carbons (Fsp3) is 0.769. The molecule has 0 saturated carbocycles. The molecule has 0 radical (unpaired) electrons. The average molecular weight is 302 g/mol. The summed E-state index contributed by atoms with van der Waals surface area (Å²) in [6.45, 7) is 5.64. The van der Waals surface area contributed by atoms with Crippen LogP contribution in [0, 0.1) is 5.92 Å². The minimum absolute atomic E-state index is 0.0357. The van der Waals surface area contributed by atoms with Crippen LogP contribution < -0.4 is 5.32 Å². The van der Waals surface area contributed by atoms with Gasteiger partial charge >= 0.3 is 5.97 Å². The first-order chi connectivity index (χ1) is 9.32. The Bertz CT molecular complexity index is 387. The van der Waals surface area contributed by atoms with Gasteiger partial charge in [-0.05, 0) is 5.92 Å². The zero-order valence-electron chi connectivity index (χ0n) is 12.1. The van der Waals surface area contributed by atoms with Crippen molar-refractivity contribution in [1.82, 2.24) is 10.2 Å². The van der Waals surface area contributed by atoms with E-state index >= 15 is 0 Å². The quantitative estimate of drug-likeness (QED) is 0.775. The summed E-state index contributed by atoms with van der Waals surface area (Å²) in [6.07, 6.45) is -0.0520. The molecule has 1 heterocycles. The molecule has 0 aliphatic carbocycles. The minimum atomic E-state index is -0.907. The number of nitrogens with one attached hydrogen (secondary N) is 1. The largest absolute Gasteiger partial charge is 0.481 e. The first-order valence-corrected chi connectivity index (χ1v) is 7.85. The topological polar surface area (TPSA) is 86.7 Å². The average Bonchev–Trinajstić information content (AvgIpc) is 2.34. The van der Waals surface area contributed by atoms with Crippen molar-refractivity contribution in [3.63, 3.8) is 0 Å². The van der Waals surface area contributed by atoms with Crippen molar-refractivity contribution in [2.75, 3.05) is 18.1 Å². The molecular weight excluding hydrogens is 280 g/mol. The molecule has 1 rings (SSSR count). The molecule has 1 fully saturated rings. The van der Waals surface area contributed by atoms with E-state index in [1.807, 2.05) is 13.8 Å². The highest BCUT2D eigenvalue weighted by molar-refractivity contribution is 7.99. The van der Waals surface area contributed by atoms with E-state index in [1.54, 1.807) is 16.7 Å². The Morgan fingerprint density at radius 2 is 2.05 bits per heavy atom. The van der Waals surface area contributed by atoms with Crippen molar-refractivity contribution in [3.8, 4) is 0 Å². The molecule has 20 heavy (non-hydrogen) atoms. The summed E-state index contributed by atoms with van der Waals surface area (Å²) in [5.41, 5.74) is 0. The maximum Gasteiger partial charge on any atom is 0.305 e. The molecule has 2 atom stereocenters. The van der Waals surface area contributed by atoms with Crippen LogP contribution in [0.3, 0.4) is 0 Å². The van der Waals surface area contributed by atoms with E-state index in [2.05, 4.69) is 5.32 Å². The van der Waals surface area contributed by atoms with Gasteiger partial charge < -0.3 is 15.3 Å². The third kappa shape index (κ3) is 4.70. The van der Waals surface area contributed by atoms with Crippen molar-refractivity contribution in [2.24, 2.45) is 5.92 Å². The summed E-state index contributed by atoms with van der Waals surface area (Å²) in [5, 5.41) is 11.6. The Hall–Kier alpha value is -1.24. The van der Waals surface area contributed by atoms with Gasteiger partial charge in [-0.25, -0.2) is 0 Å². The van der Waals surface area contributed by atoms with Gasteiger partial charge in [-0.1, -0.05) is 13.8 Å². The van der Waals surface area contributed by atoms with Gasteiger partial charge in [0.05, 0.1) is 12.5 Å². The molecular formula is C13H22N2O4S. The van der Waals surface area contributed by atoms with E-state index in [0.717, 1.165) is 5.75 Å². The Morgan fingerprint density at radius 3 is 2.55 bits per heavy atom. The van der Waals surface area contributed by atoms with Crippen LogP contribution in [-0.4, -0.2) is 57.9 Å². The van der Waals surface area contributed by atoms with Crippen LogP contribution in [0.15, 0.2) is 0 Å². The molecule has 2 amide bonds. The lowest BCUT2D eigenvalue weighted by Gasteiger charge is -2.37. The van der Waals surface area contributed by atoms with E-state index in [1.165, 1.54) is 6.92 Å². The van der Waals surface area contributed by atoms with Crippen molar-refractivity contribution in [1.29, 1.82) is 0 Å². The lowest BCUT2D eigenvalue weighted by molar-refractivity contribution is -0.143. The van der Waals surface area contributed by atoms with Gasteiger partial charge in [0.2, 0.25) is 11.8 Å². The van der Waals surface area contributed by atoms with E-state index in [9.17, 15) is 14.4 Å². The Morgan fingerprint density at radius 1 is 1.40 bits per heavy atom. The maximum absolute atomic E-state index is 12.6. The van der Waals surface area contributed by atoms with E-state index in [-0.39, 0.29) is 30.2 Å². The Balaban J connectivity index is 2.83. The summed E-state index contributed by atoms with van der Waals surface area (Å²) < 4.78 is 0. The second-order valence-electron chi connectivity index (χ2n) is 5.28. The lowest BCUT2D eigenvalue weighted by Crippen LogP contribution is -2.56. The maximum atomic E-state index is 12.6. The fourth-order valence-electron chi connectivity index (χ4n) is 2.23. The van der Waals surface area contributed by atoms with Crippen LogP contribution in [0.25, 0.3) is 0 Å². The zero-order chi connectivity index (χ0) is 15.3. The second-order valence-corrected chi connectivity index (χ2v) is 6.43. The number of carboxylic acids is 1. The molecule has 0 spiro atoms. The number of rotatable bonds is 5. The van der Waals surface area contributed by atoms with Crippen LogP contribution in [0.4, 0.5) is 0 Å².